The van der Waals surface area contributed by atoms with E-state index in [-0.39, 0.29) is 32.1 Å². The van der Waals surface area contributed by atoms with Gasteiger partial charge in [0.05, 0.1) is 22.7 Å². The fourth-order valence-electron chi connectivity index (χ4n) is 2.90. The number of amides is 1. The van der Waals surface area contributed by atoms with Gasteiger partial charge in [-0.25, -0.2) is 12.8 Å². The number of methoxy groups -OCH3 is 1. The highest BCUT2D eigenvalue weighted by Gasteiger charge is 2.30. The molecule has 0 aliphatic carbocycles. The van der Waals surface area contributed by atoms with E-state index in [1.165, 1.54) is 43.5 Å². The van der Waals surface area contributed by atoms with Crippen molar-refractivity contribution in [2.75, 3.05) is 23.3 Å². The third-order valence-corrected chi connectivity index (χ3v) is 6.81. The number of anilines is 2. The van der Waals surface area contributed by atoms with Gasteiger partial charge in [0.2, 0.25) is 5.91 Å². The van der Waals surface area contributed by atoms with Crippen molar-refractivity contribution in [3.8, 4) is 5.75 Å². The molecule has 3 rings (SSSR count). The van der Waals surface area contributed by atoms with Crippen LogP contribution in [0.25, 0.3) is 0 Å². The highest BCUT2D eigenvalue weighted by atomic mass is 35.5. The molecule has 0 bridgehead atoms. The number of halogens is 3. The molecule has 1 N–H and O–H groups in total. The second-order valence-corrected chi connectivity index (χ2v) is 9.52. The minimum atomic E-state index is -4.17. The Kier molecular flexibility index (Phi) is 7.28. The zero-order chi connectivity index (χ0) is 23.5. The van der Waals surface area contributed by atoms with E-state index in [0.29, 0.717) is 0 Å². The van der Waals surface area contributed by atoms with Gasteiger partial charge in [0, 0.05) is 10.7 Å². The number of benzene rings is 3. The Morgan fingerprint density at radius 2 is 1.75 bits per heavy atom. The summed E-state index contributed by atoms with van der Waals surface area (Å²) < 4.78 is 46.6. The summed E-state index contributed by atoms with van der Waals surface area (Å²) in [7, 11) is -2.80. The van der Waals surface area contributed by atoms with Crippen molar-refractivity contribution in [3.05, 3.63) is 82.1 Å². The van der Waals surface area contributed by atoms with E-state index in [4.69, 9.17) is 27.9 Å². The van der Waals surface area contributed by atoms with Gasteiger partial charge in [-0.1, -0.05) is 40.9 Å². The molecule has 0 radical (unpaired) electrons. The summed E-state index contributed by atoms with van der Waals surface area (Å²) >= 11 is 11.9. The van der Waals surface area contributed by atoms with Gasteiger partial charge in [-0.2, -0.15) is 0 Å². The summed E-state index contributed by atoms with van der Waals surface area (Å²) in [4.78, 5) is 12.8. The summed E-state index contributed by atoms with van der Waals surface area (Å²) in [5, 5.41) is 2.61. The maximum absolute atomic E-state index is 13.5. The van der Waals surface area contributed by atoms with E-state index in [2.05, 4.69) is 5.32 Å². The lowest BCUT2D eigenvalue weighted by atomic mass is 10.2. The van der Waals surface area contributed by atoms with Crippen molar-refractivity contribution in [2.45, 2.75) is 11.8 Å². The Hall–Kier alpha value is -2.81. The molecular formula is C22H19Cl2FN2O4S. The number of hydrogen-bond acceptors (Lipinski definition) is 4. The molecule has 6 nitrogen and oxygen atoms in total. The van der Waals surface area contributed by atoms with Gasteiger partial charge < -0.3 is 10.1 Å². The lowest BCUT2D eigenvalue weighted by Gasteiger charge is -2.26. The molecule has 32 heavy (non-hydrogen) atoms. The minimum absolute atomic E-state index is 0.0113. The average Bonchev–Trinajstić information content (AvgIpc) is 2.75. The van der Waals surface area contributed by atoms with Crippen LogP contribution in [0.5, 0.6) is 5.75 Å². The van der Waals surface area contributed by atoms with Crippen LogP contribution >= 0.6 is 23.2 Å². The number of nitrogens with zero attached hydrogens (tertiary/aromatic N) is 1. The molecule has 0 unspecified atom stereocenters. The van der Waals surface area contributed by atoms with E-state index in [1.54, 1.807) is 18.2 Å². The van der Waals surface area contributed by atoms with Gasteiger partial charge in [0.15, 0.2) is 0 Å². The Balaban J connectivity index is 2.02. The number of carbonyl (C=O) groups is 1. The van der Waals surface area contributed by atoms with Gasteiger partial charge in [-0.3, -0.25) is 9.10 Å². The first kappa shape index (κ1) is 23.8. The third-order valence-electron chi connectivity index (χ3n) is 4.51. The molecule has 0 saturated carbocycles. The highest BCUT2D eigenvalue weighted by Crippen LogP contribution is 2.35. The first-order valence-corrected chi connectivity index (χ1v) is 11.5. The zero-order valence-corrected chi connectivity index (χ0v) is 19.4. The van der Waals surface area contributed by atoms with Crippen LogP contribution in [0.3, 0.4) is 0 Å². The SMILES string of the molecule is COc1ccc(Cl)cc1N(CC(=O)Nc1ccc(F)c(Cl)c1)S(=O)(=O)c1ccc(C)cc1. The molecule has 0 aromatic heterocycles. The maximum atomic E-state index is 13.5. The minimum Gasteiger partial charge on any atom is -0.495 e. The van der Waals surface area contributed by atoms with Crippen LogP contribution in [0.4, 0.5) is 15.8 Å². The number of nitrogens with one attached hydrogen (secondary N) is 1. The van der Waals surface area contributed by atoms with Crippen molar-refractivity contribution < 1.29 is 22.3 Å². The Labute approximate surface area is 195 Å². The van der Waals surface area contributed by atoms with Crippen molar-refractivity contribution >= 4 is 50.5 Å². The Bertz CT molecular complexity index is 1250. The van der Waals surface area contributed by atoms with Gasteiger partial charge >= 0.3 is 0 Å². The van der Waals surface area contributed by atoms with Gasteiger partial charge in [-0.15, -0.1) is 0 Å². The van der Waals surface area contributed by atoms with Crippen LogP contribution in [-0.4, -0.2) is 28.0 Å². The summed E-state index contributed by atoms with van der Waals surface area (Å²) in [6, 6.07) is 14.3. The average molecular weight is 497 g/mol. The first-order chi connectivity index (χ1) is 15.1. The first-order valence-electron chi connectivity index (χ1n) is 9.29. The predicted octanol–water partition coefficient (Wildman–Crippen LogP) is 5.28. The van der Waals surface area contributed by atoms with Crippen molar-refractivity contribution in [3.63, 3.8) is 0 Å². The number of ether oxygens (including phenoxy) is 1. The van der Waals surface area contributed by atoms with Crippen molar-refractivity contribution in [2.24, 2.45) is 0 Å². The molecule has 1 amide bonds. The molecule has 0 saturated heterocycles. The highest BCUT2D eigenvalue weighted by molar-refractivity contribution is 7.92. The van der Waals surface area contributed by atoms with Crippen molar-refractivity contribution in [1.82, 2.24) is 0 Å². The van der Waals surface area contributed by atoms with Gasteiger partial charge in [-0.05, 0) is 55.5 Å². The second kappa shape index (κ2) is 9.77. The number of sulfonamides is 1. The molecule has 168 valence electrons. The normalized spacial score (nSPS) is 11.2. The molecule has 0 aliphatic rings. The number of aryl methyl sites for hydroxylation is 1. The van der Waals surface area contributed by atoms with E-state index < -0.39 is 28.3 Å². The molecule has 3 aromatic rings. The van der Waals surface area contributed by atoms with Crippen LogP contribution in [-0.2, 0) is 14.8 Å². The van der Waals surface area contributed by atoms with Crippen molar-refractivity contribution in [1.29, 1.82) is 0 Å². The van der Waals surface area contributed by atoms with E-state index in [0.717, 1.165) is 15.9 Å². The Morgan fingerprint density at radius 1 is 1.06 bits per heavy atom. The largest absolute Gasteiger partial charge is 0.495 e. The quantitative estimate of drug-likeness (QED) is 0.482. The van der Waals surface area contributed by atoms with Crippen LogP contribution in [0.1, 0.15) is 5.56 Å². The maximum Gasteiger partial charge on any atom is 0.264 e. The summed E-state index contributed by atoms with van der Waals surface area (Å²) in [5.41, 5.74) is 1.18. The molecule has 0 atom stereocenters. The fraction of sp³-hybridized carbons (Fsp3) is 0.136. The summed E-state index contributed by atoms with van der Waals surface area (Å²) in [5.74, 6) is -1.11. The fourth-order valence-corrected chi connectivity index (χ4v) is 4.67. The third kappa shape index (κ3) is 5.32. The zero-order valence-electron chi connectivity index (χ0n) is 17.1. The topological polar surface area (TPSA) is 75.7 Å². The van der Waals surface area contributed by atoms with Crippen LogP contribution in [0, 0.1) is 12.7 Å². The lowest BCUT2D eigenvalue weighted by molar-refractivity contribution is -0.114. The summed E-state index contributed by atoms with van der Waals surface area (Å²) in [6.07, 6.45) is 0. The molecular weight excluding hydrogens is 478 g/mol. The second-order valence-electron chi connectivity index (χ2n) is 6.82. The van der Waals surface area contributed by atoms with Gasteiger partial charge in [0.25, 0.3) is 10.0 Å². The molecule has 3 aromatic carbocycles. The van der Waals surface area contributed by atoms with E-state index in [1.807, 2.05) is 6.92 Å². The van der Waals surface area contributed by atoms with Crippen LogP contribution in [0.2, 0.25) is 10.0 Å². The molecule has 0 heterocycles. The number of carbonyl (C=O) groups excluding carboxylic acids is 1. The van der Waals surface area contributed by atoms with E-state index >= 15 is 0 Å². The molecule has 10 heteroatoms. The molecule has 0 aliphatic heterocycles. The van der Waals surface area contributed by atoms with Crippen LogP contribution < -0.4 is 14.4 Å². The standard InChI is InChI=1S/C22H19Cl2FN2O4S/c1-14-3-7-17(8-4-14)32(29,30)27(20-11-15(23)5-10-21(20)31-2)13-22(28)26-16-6-9-19(25)18(24)12-16/h3-12H,13H2,1-2H3,(H,26,28). The number of hydrogen-bond donors (Lipinski definition) is 1. The lowest BCUT2D eigenvalue weighted by Crippen LogP contribution is -2.38. The Morgan fingerprint density at radius 3 is 2.38 bits per heavy atom. The van der Waals surface area contributed by atoms with Gasteiger partial charge in [0.1, 0.15) is 18.1 Å². The van der Waals surface area contributed by atoms with Crippen LogP contribution in [0.15, 0.2) is 65.6 Å². The number of rotatable bonds is 7. The van der Waals surface area contributed by atoms with E-state index in [9.17, 15) is 17.6 Å². The monoisotopic (exact) mass is 496 g/mol. The summed E-state index contributed by atoms with van der Waals surface area (Å²) in [6.45, 7) is 1.23. The molecule has 0 fully saturated rings. The smallest absolute Gasteiger partial charge is 0.264 e. The molecule has 0 spiro atoms. The predicted molar refractivity (Wildman–Crippen MR) is 124 cm³/mol.